The van der Waals surface area contributed by atoms with Crippen LogP contribution in [0.25, 0.3) is 72.7 Å². The van der Waals surface area contributed by atoms with Crippen LogP contribution in [0.15, 0.2) is 134 Å². The summed E-state index contributed by atoms with van der Waals surface area (Å²) in [4.78, 5) is 10.3. The van der Waals surface area contributed by atoms with Gasteiger partial charge in [-0.2, -0.15) is 0 Å². The zero-order chi connectivity index (χ0) is 45.9. The topological polar surface area (TPSA) is 50.9 Å². The number of aryl methyl sites for hydroxylation is 1. The van der Waals surface area contributed by atoms with E-state index in [1.165, 1.54) is 0 Å². The van der Waals surface area contributed by atoms with Crippen molar-refractivity contribution in [1.29, 1.82) is 0 Å². The molecule has 0 saturated carbocycles. The molecule has 0 bridgehead atoms. The molecular weight excluding hydrogens is 926 g/mol. The second-order valence-electron chi connectivity index (χ2n) is 17.8. The summed E-state index contributed by atoms with van der Waals surface area (Å²) in [6, 6.07) is 45.7. The van der Waals surface area contributed by atoms with Crippen molar-refractivity contribution in [3.8, 4) is 67.5 Å². The van der Waals surface area contributed by atoms with Crippen LogP contribution < -0.4 is 0 Å². The Morgan fingerprint density at radius 2 is 1.41 bits per heavy atom. The average molecular weight is 986 g/mol. The molecule has 312 valence electrons. The van der Waals surface area contributed by atoms with E-state index in [2.05, 4.69) is 97.0 Å². The molecule has 8 aromatic rings. The SMILES string of the molecule is [2H]C([2H])([2H])c1cc(-n2c(-c3cc(C(C)C)cc(C(C)C)c3O)nc3c(-c4[c-]c(-c5cc(-c6ccc(C([2H])(C)C)cc6)ccn5)cc(C(C)(C)C)c4)cccc32)ccc1-c1ccccc1.[Pt]. The molecule has 2 heterocycles. The first-order valence-electron chi connectivity index (χ1n) is 22.9. The van der Waals surface area contributed by atoms with Crippen molar-refractivity contribution in [1.82, 2.24) is 14.5 Å². The summed E-state index contributed by atoms with van der Waals surface area (Å²) in [7, 11) is 0. The summed E-state index contributed by atoms with van der Waals surface area (Å²) in [6.45, 7) is 16.4. The molecule has 0 saturated heterocycles. The molecule has 0 radical (unpaired) electrons. The van der Waals surface area contributed by atoms with E-state index in [9.17, 15) is 5.11 Å². The van der Waals surface area contributed by atoms with Crippen molar-refractivity contribution in [2.45, 2.75) is 92.3 Å². The summed E-state index contributed by atoms with van der Waals surface area (Å²) in [5.74, 6) is 0.182. The number of phenols is 1. The van der Waals surface area contributed by atoms with Gasteiger partial charge in [0, 0.05) is 44.1 Å². The second kappa shape index (κ2) is 17.4. The third-order valence-corrected chi connectivity index (χ3v) is 11.6. The number of phenolic OH excluding ortho intramolecular Hbond substituents is 1. The number of para-hydroxylation sites is 1. The van der Waals surface area contributed by atoms with Crippen LogP contribution in [0.4, 0.5) is 0 Å². The van der Waals surface area contributed by atoms with E-state index >= 15 is 0 Å². The summed E-state index contributed by atoms with van der Waals surface area (Å²) in [5, 5.41) is 12.2. The van der Waals surface area contributed by atoms with E-state index in [0.717, 1.165) is 66.8 Å². The van der Waals surface area contributed by atoms with Crippen molar-refractivity contribution in [3.63, 3.8) is 0 Å². The van der Waals surface area contributed by atoms with Gasteiger partial charge >= 0.3 is 0 Å². The zero-order valence-corrected chi connectivity index (χ0v) is 38.7. The van der Waals surface area contributed by atoms with Crippen LogP contribution in [0.3, 0.4) is 0 Å². The Bertz CT molecular complexity index is 3010. The van der Waals surface area contributed by atoms with Crippen LogP contribution in [0.2, 0.25) is 0 Å². The molecular formula is C56H56N3OPt-. The molecule has 0 unspecified atom stereocenters. The molecule has 0 aliphatic rings. The Morgan fingerprint density at radius 1 is 0.672 bits per heavy atom. The predicted molar refractivity (Wildman–Crippen MR) is 252 cm³/mol. The first kappa shape index (κ1) is 38.4. The fourth-order valence-corrected chi connectivity index (χ4v) is 7.96. The monoisotopic (exact) mass is 985 g/mol. The fraction of sp³-hybridized carbons (Fsp3) is 0.250. The molecule has 6 aromatic carbocycles. The quantitative estimate of drug-likeness (QED) is 0.147. The van der Waals surface area contributed by atoms with Gasteiger partial charge in [0.2, 0.25) is 0 Å². The minimum atomic E-state index is -2.42. The van der Waals surface area contributed by atoms with Gasteiger partial charge < -0.3 is 5.11 Å². The molecule has 0 aliphatic heterocycles. The van der Waals surface area contributed by atoms with Crippen LogP contribution in [-0.2, 0) is 26.5 Å². The summed E-state index contributed by atoms with van der Waals surface area (Å²) >= 11 is 0. The van der Waals surface area contributed by atoms with Gasteiger partial charge in [-0.1, -0.05) is 158 Å². The third-order valence-electron chi connectivity index (χ3n) is 11.6. The number of hydrogen-bond donors (Lipinski definition) is 1. The van der Waals surface area contributed by atoms with Crippen LogP contribution in [0, 0.1) is 12.9 Å². The number of fused-ring (bicyclic) bond motifs is 1. The van der Waals surface area contributed by atoms with Gasteiger partial charge in [-0.05, 0) is 105 Å². The summed E-state index contributed by atoms with van der Waals surface area (Å²) in [6.07, 6.45) is 1.83. The molecule has 61 heavy (non-hydrogen) atoms. The number of imidazole rings is 1. The first-order valence-corrected chi connectivity index (χ1v) is 20.9. The number of rotatable bonds is 9. The standard InChI is InChI=1S/C56H56N3O.Pt/c1-34(2)38-19-21-39(22-20-38)41-25-26-57-51(33-41)44-28-43(29-45(30-44)56(8,9)10)48-17-14-18-52-53(48)58-55(50-32-42(35(3)4)31-49(36(5)6)54(50)60)59(52)46-23-24-47(37(7)27-46)40-15-12-11-13-16-40;/h11-27,29-36,60H,1-10H3;/q-1;/i7D3,34D;. The van der Waals surface area contributed by atoms with Gasteiger partial charge in [-0.15, -0.1) is 29.3 Å². The fourth-order valence-electron chi connectivity index (χ4n) is 7.96. The van der Waals surface area contributed by atoms with E-state index in [-0.39, 0.29) is 49.6 Å². The third kappa shape index (κ3) is 8.66. The molecule has 0 amide bonds. The Kier molecular flexibility index (Phi) is 11.0. The number of nitrogens with zero attached hydrogens (tertiary/aromatic N) is 3. The molecule has 0 spiro atoms. The van der Waals surface area contributed by atoms with Gasteiger partial charge in [0.05, 0.1) is 16.6 Å². The van der Waals surface area contributed by atoms with E-state index < -0.39 is 12.7 Å². The van der Waals surface area contributed by atoms with E-state index in [1.807, 2.05) is 103 Å². The maximum atomic E-state index is 12.2. The van der Waals surface area contributed by atoms with Crippen molar-refractivity contribution in [2.24, 2.45) is 0 Å². The average Bonchev–Trinajstić information content (AvgIpc) is 3.65. The van der Waals surface area contributed by atoms with Gasteiger partial charge in [0.15, 0.2) is 0 Å². The number of pyridine rings is 1. The number of hydrogen-bond acceptors (Lipinski definition) is 3. The maximum Gasteiger partial charge on any atom is 0.148 e. The largest absolute Gasteiger partial charge is 0.507 e. The van der Waals surface area contributed by atoms with Crippen LogP contribution in [0.5, 0.6) is 5.75 Å². The van der Waals surface area contributed by atoms with Crippen molar-refractivity contribution in [2.75, 3.05) is 0 Å². The first-order chi connectivity index (χ1) is 30.2. The Hall–Kier alpha value is -5.57. The van der Waals surface area contributed by atoms with Gasteiger partial charge in [0.25, 0.3) is 0 Å². The molecule has 0 aliphatic carbocycles. The van der Waals surface area contributed by atoms with Gasteiger partial charge in [-0.3, -0.25) is 9.55 Å². The van der Waals surface area contributed by atoms with Crippen LogP contribution in [-0.4, -0.2) is 19.6 Å². The zero-order valence-electron chi connectivity index (χ0n) is 40.5. The normalized spacial score (nSPS) is 13.2. The molecule has 2 aromatic heterocycles. The van der Waals surface area contributed by atoms with E-state index in [4.69, 9.17) is 15.5 Å². The Morgan fingerprint density at radius 3 is 2.08 bits per heavy atom. The minimum Gasteiger partial charge on any atom is -0.507 e. The summed E-state index contributed by atoms with van der Waals surface area (Å²) in [5.41, 5.74) is 13.4. The Balaban J connectivity index is 0.00000630. The van der Waals surface area contributed by atoms with Crippen molar-refractivity contribution in [3.05, 3.63) is 167 Å². The van der Waals surface area contributed by atoms with E-state index in [0.29, 0.717) is 28.2 Å². The number of aromatic nitrogens is 3. The van der Waals surface area contributed by atoms with E-state index in [1.54, 1.807) is 6.07 Å². The van der Waals surface area contributed by atoms with Gasteiger partial charge in [-0.25, -0.2) is 4.98 Å². The Labute approximate surface area is 382 Å². The molecule has 0 atom stereocenters. The number of aromatic hydroxyl groups is 1. The molecule has 8 rings (SSSR count). The van der Waals surface area contributed by atoms with Gasteiger partial charge in [0.1, 0.15) is 11.6 Å². The van der Waals surface area contributed by atoms with Crippen molar-refractivity contribution >= 4 is 11.0 Å². The van der Waals surface area contributed by atoms with Crippen molar-refractivity contribution < 1.29 is 31.7 Å². The maximum absolute atomic E-state index is 12.2. The second-order valence-corrected chi connectivity index (χ2v) is 17.8. The molecule has 4 nitrogen and oxygen atoms in total. The number of benzene rings is 6. The predicted octanol–water partition coefficient (Wildman–Crippen LogP) is 15.2. The molecule has 0 fully saturated rings. The molecule has 1 N–H and O–H groups in total. The smallest absolute Gasteiger partial charge is 0.148 e. The van der Waals surface area contributed by atoms with Crippen LogP contribution >= 0.6 is 0 Å². The van der Waals surface area contributed by atoms with Crippen LogP contribution in [0.1, 0.15) is 113 Å². The minimum absolute atomic E-state index is 0. The summed E-state index contributed by atoms with van der Waals surface area (Å²) < 4.78 is 36.6. The molecule has 5 heteroatoms.